The number of para-hydroxylation sites is 2. The molecular formula is C58H39FN2S. The van der Waals surface area contributed by atoms with Crippen LogP contribution >= 0.6 is 11.8 Å². The van der Waals surface area contributed by atoms with Crippen molar-refractivity contribution < 1.29 is 4.39 Å². The number of hydrogen-bond acceptors (Lipinski definition) is 3. The number of fused-ring (bicyclic) bond motifs is 2. The fraction of sp³-hybridized carbons (Fsp3) is 0. The molecule has 1 heterocycles. The maximum Gasteiger partial charge on any atom is 0.148 e. The van der Waals surface area contributed by atoms with E-state index in [-0.39, 0.29) is 5.82 Å². The molecular weight excluding hydrogens is 776 g/mol. The fourth-order valence-corrected chi connectivity index (χ4v) is 10.00. The van der Waals surface area contributed by atoms with E-state index in [9.17, 15) is 0 Å². The van der Waals surface area contributed by atoms with E-state index in [1.165, 1.54) is 26.5 Å². The molecule has 11 rings (SSSR count). The summed E-state index contributed by atoms with van der Waals surface area (Å²) in [5, 5.41) is 2.22. The second-order valence-corrected chi connectivity index (χ2v) is 16.5. The van der Waals surface area contributed by atoms with Gasteiger partial charge in [-0.2, -0.15) is 0 Å². The van der Waals surface area contributed by atoms with Gasteiger partial charge in [-0.05, 0) is 112 Å². The average Bonchev–Trinajstić information content (AvgIpc) is 3.34. The molecule has 4 heteroatoms. The van der Waals surface area contributed by atoms with Crippen LogP contribution in [0, 0.1) is 5.82 Å². The van der Waals surface area contributed by atoms with Crippen molar-refractivity contribution in [1.29, 1.82) is 0 Å². The molecule has 294 valence electrons. The molecule has 1 aliphatic rings. The molecule has 10 aromatic carbocycles. The van der Waals surface area contributed by atoms with Crippen LogP contribution in [-0.4, -0.2) is 0 Å². The van der Waals surface area contributed by atoms with Gasteiger partial charge in [-0.25, -0.2) is 4.39 Å². The van der Waals surface area contributed by atoms with Gasteiger partial charge in [-0.15, -0.1) is 0 Å². The third-order valence-corrected chi connectivity index (χ3v) is 12.8. The molecule has 0 aliphatic carbocycles. The van der Waals surface area contributed by atoms with Crippen LogP contribution in [-0.2, 0) is 0 Å². The zero-order valence-corrected chi connectivity index (χ0v) is 34.5. The molecule has 10 aromatic rings. The van der Waals surface area contributed by atoms with Crippen LogP contribution in [0.4, 0.5) is 38.5 Å². The lowest BCUT2D eigenvalue weighted by Crippen LogP contribution is -2.14. The van der Waals surface area contributed by atoms with Gasteiger partial charge in [0.25, 0.3) is 0 Å². The summed E-state index contributed by atoms with van der Waals surface area (Å²) in [6.45, 7) is 0. The Balaban J connectivity index is 1.05. The van der Waals surface area contributed by atoms with Gasteiger partial charge in [0, 0.05) is 48.9 Å². The minimum Gasteiger partial charge on any atom is -0.310 e. The highest BCUT2D eigenvalue weighted by molar-refractivity contribution is 7.99. The summed E-state index contributed by atoms with van der Waals surface area (Å²) in [5.74, 6) is -0.292. The first-order valence-electron chi connectivity index (χ1n) is 20.9. The highest BCUT2D eigenvalue weighted by atomic mass is 32.2. The first kappa shape index (κ1) is 37.3. The zero-order chi connectivity index (χ0) is 41.4. The molecule has 0 unspecified atom stereocenters. The lowest BCUT2D eigenvalue weighted by Gasteiger charge is -2.31. The van der Waals surface area contributed by atoms with Gasteiger partial charge in [0.15, 0.2) is 0 Å². The molecule has 0 amide bonds. The minimum absolute atomic E-state index is 0.292. The predicted molar refractivity (Wildman–Crippen MR) is 259 cm³/mol. The summed E-state index contributed by atoms with van der Waals surface area (Å²) in [6, 6.07) is 81.8. The van der Waals surface area contributed by atoms with Crippen LogP contribution in [0.3, 0.4) is 0 Å². The van der Waals surface area contributed by atoms with Crippen LogP contribution in [0.25, 0.3) is 55.3 Å². The van der Waals surface area contributed by atoms with E-state index in [0.29, 0.717) is 5.69 Å². The van der Waals surface area contributed by atoms with Crippen molar-refractivity contribution in [3.05, 3.63) is 242 Å². The Morgan fingerprint density at radius 2 is 0.839 bits per heavy atom. The lowest BCUT2D eigenvalue weighted by atomic mass is 9.93. The van der Waals surface area contributed by atoms with Gasteiger partial charge in [-0.3, -0.25) is 0 Å². The number of hydrogen-bond donors (Lipinski definition) is 0. The standard InChI is InChI=1S/C58H39FN2S/c59-53-38-44(41-19-8-2-9-20-41)37-52(43-21-10-3-11-22-43)58(53)61(46-25-14-5-15-26-46)54-36-35-50-49-34-33-48(39-56(49)62-55-28-16-27-51(54)57(50)55)60(45-23-12-4-13-24-45)47-31-29-42(30-32-47)40-17-6-1-7-18-40/h1-39H. The van der Waals surface area contributed by atoms with Gasteiger partial charge in [-0.1, -0.05) is 176 Å². The molecule has 0 spiro atoms. The third-order valence-electron chi connectivity index (χ3n) is 11.7. The number of halogens is 1. The van der Waals surface area contributed by atoms with E-state index in [1.807, 2.05) is 66.7 Å². The predicted octanol–water partition coefficient (Wildman–Crippen LogP) is 17.1. The number of nitrogens with zero attached hydrogens (tertiary/aromatic N) is 2. The second kappa shape index (κ2) is 16.1. The van der Waals surface area contributed by atoms with Crippen molar-refractivity contribution >= 4 is 56.7 Å². The van der Waals surface area contributed by atoms with Crippen LogP contribution in [0.2, 0.25) is 0 Å². The average molecular weight is 815 g/mol. The summed E-state index contributed by atoms with van der Waals surface area (Å²) in [7, 11) is 0. The first-order chi connectivity index (χ1) is 30.7. The van der Waals surface area contributed by atoms with E-state index in [2.05, 4.69) is 174 Å². The molecule has 0 aromatic heterocycles. The molecule has 0 saturated heterocycles. The Labute approximate surface area is 365 Å². The van der Waals surface area contributed by atoms with E-state index >= 15 is 4.39 Å². The number of rotatable bonds is 9. The van der Waals surface area contributed by atoms with E-state index < -0.39 is 0 Å². The van der Waals surface area contributed by atoms with Gasteiger partial charge < -0.3 is 9.80 Å². The minimum atomic E-state index is -0.292. The maximum atomic E-state index is 17.3. The Kier molecular flexibility index (Phi) is 9.68. The van der Waals surface area contributed by atoms with E-state index in [1.54, 1.807) is 17.8 Å². The quantitative estimate of drug-likeness (QED) is 0.143. The third kappa shape index (κ3) is 6.81. The van der Waals surface area contributed by atoms with Crippen LogP contribution in [0.5, 0.6) is 0 Å². The molecule has 1 aliphatic heterocycles. The van der Waals surface area contributed by atoms with Crippen molar-refractivity contribution in [2.45, 2.75) is 9.79 Å². The number of benzene rings is 10. The van der Waals surface area contributed by atoms with Crippen molar-refractivity contribution in [3.63, 3.8) is 0 Å². The smallest absolute Gasteiger partial charge is 0.148 e. The van der Waals surface area contributed by atoms with Crippen LogP contribution < -0.4 is 9.80 Å². The van der Waals surface area contributed by atoms with Crippen molar-refractivity contribution in [3.8, 4) is 44.5 Å². The summed E-state index contributed by atoms with van der Waals surface area (Å²) < 4.78 is 17.3. The monoisotopic (exact) mass is 814 g/mol. The highest BCUT2D eigenvalue weighted by Gasteiger charge is 2.28. The Morgan fingerprint density at radius 1 is 0.323 bits per heavy atom. The summed E-state index contributed by atoms with van der Waals surface area (Å²) in [4.78, 5) is 6.79. The van der Waals surface area contributed by atoms with Gasteiger partial charge in [0.1, 0.15) is 5.82 Å². The van der Waals surface area contributed by atoms with E-state index in [4.69, 9.17) is 0 Å². The number of anilines is 6. The highest BCUT2D eigenvalue weighted by Crippen LogP contribution is 2.54. The first-order valence-corrected chi connectivity index (χ1v) is 21.7. The summed E-state index contributed by atoms with van der Waals surface area (Å²) >= 11 is 1.79. The molecule has 0 fully saturated rings. The Morgan fingerprint density at radius 3 is 1.48 bits per heavy atom. The molecule has 0 atom stereocenters. The van der Waals surface area contributed by atoms with Gasteiger partial charge >= 0.3 is 0 Å². The van der Waals surface area contributed by atoms with Crippen LogP contribution in [0.15, 0.2) is 246 Å². The zero-order valence-electron chi connectivity index (χ0n) is 33.7. The SMILES string of the molecule is Fc1cc(-c2ccccc2)cc(-c2ccccc2)c1N(c1ccccc1)c1ccc2c3c(cccc13)Sc1cc(N(c3ccccc3)c3ccc(-c4ccccc4)cc3)ccc1-2. The molecule has 0 N–H and O–H groups in total. The van der Waals surface area contributed by atoms with Gasteiger partial charge in [0.2, 0.25) is 0 Å². The molecule has 0 saturated carbocycles. The molecule has 62 heavy (non-hydrogen) atoms. The van der Waals surface area contributed by atoms with Crippen molar-refractivity contribution in [1.82, 2.24) is 0 Å². The van der Waals surface area contributed by atoms with Crippen LogP contribution in [0.1, 0.15) is 0 Å². The maximum absolute atomic E-state index is 17.3. The van der Waals surface area contributed by atoms with Gasteiger partial charge in [0.05, 0.1) is 11.4 Å². The largest absolute Gasteiger partial charge is 0.310 e. The normalized spacial score (nSPS) is 11.6. The molecule has 0 radical (unpaired) electrons. The summed E-state index contributed by atoms with van der Waals surface area (Å²) in [5.41, 5.74) is 13.8. The lowest BCUT2D eigenvalue weighted by molar-refractivity contribution is 0.630. The van der Waals surface area contributed by atoms with E-state index in [0.717, 1.165) is 67.0 Å². The topological polar surface area (TPSA) is 6.48 Å². The summed E-state index contributed by atoms with van der Waals surface area (Å²) in [6.07, 6.45) is 0. The fourth-order valence-electron chi connectivity index (χ4n) is 8.82. The van der Waals surface area contributed by atoms with Crippen molar-refractivity contribution in [2.75, 3.05) is 9.80 Å². The Hall–Kier alpha value is -7.66. The molecule has 0 bridgehead atoms. The second-order valence-electron chi connectivity index (χ2n) is 15.4. The van der Waals surface area contributed by atoms with Crippen molar-refractivity contribution in [2.24, 2.45) is 0 Å². The Bertz CT molecular complexity index is 3190. The molecule has 2 nitrogen and oxygen atoms in total.